The Morgan fingerprint density at radius 2 is 2.00 bits per heavy atom. The summed E-state index contributed by atoms with van der Waals surface area (Å²) in [7, 11) is -1.97. The molecule has 4 atom stereocenters. The van der Waals surface area contributed by atoms with E-state index in [0.29, 0.717) is 23.5 Å². The minimum absolute atomic E-state index is 0.0831. The first-order chi connectivity index (χ1) is 16.4. The van der Waals surface area contributed by atoms with E-state index in [1.54, 1.807) is 0 Å². The maximum Gasteiger partial charge on any atom is 0.226 e. The van der Waals surface area contributed by atoms with Crippen LogP contribution in [0.15, 0.2) is 30.6 Å². The zero-order valence-corrected chi connectivity index (χ0v) is 26.2. The van der Waals surface area contributed by atoms with Gasteiger partial charge in [-0.05, 0) is 82.4 Å². The van der Waals surface area contributed by atoms with Crippen LogP contribution in [0.2, 0.25) is 23.4 Å². The molecule has 2 aromatic heterocycles. The molecule has 3 aromatic rings. The number of fused-ring (bicyclic) bond motifs is 1. The lowest BCUT2D eigenvalue weighted by Gasteiger charge is -2.41. The van der Waals surface area contributed by atoms with E-state index >= 15 is 0 Å². The number of rotatable bonds is 7. The molecule has 1 fully saturated rings. The fourth-order valence-electron chi connectivity index (χ4n) is 4.26. The molecule has 0 saturated carbocycles. The summed E-state index contributed by atoms with van der Waals surface area (Å²) < 4.78 is 10.4. The first kappa shape index (κ1) is 27.2. The number of imidazole rings is 1. The molecule has 0 spiro atoms. The van der Waals surface area contributed by atoms with Crippen LogP contribution in [-0.4, -0.2) is 39.2 Å². The first-order valence-corrected chi connectivity index (χ1v) is 17.4. The van der Waals surface area contributed by atoms with Crippen LogP contribution >= 0.6 is 46.0 Å². The number of hydrogen-bond acceptors (Lipinski definition) is 6. The van der Waals surface area contributed by atoms with Crippen LogP contribution in [0.4, 0.5) is 5.82 Å². The number of thioether (sulfide) groups is 1. The van der Waals surface area contributed by atoms with Gasteiger partial charge in [0.2, 0.25) is 5.28 Å². The molecule has 0 radical (unpaired) electrons. The van der Waals surface area contributed by atoms with E-state index in [-0.39, 0.29) is 21.8 Å². The van der Waals surface area contributed by atoms with Crippen molar-refractivity contribution in [3.8, 4) is 0 Å². The third-order valence-corrected chi connectivity index (χ3v) is 14.6. The summed E-state index contributed by atoms with van der Waals surface area (Å²) in [6.07, 6.45) is 3.07. The molecule has 35 heavy (non-hydrogen) atoms. The molecule has 0 amide bonds. The molecule has 0 aliphatic carbocycles. The van der Waals surface area contributed by atoms with E-state index < -0.39 is 8.32 Å². The molecule has 1 aromatic carbocycles. The van der Waals surface area contributed by atoms with Gasteiger partial charge in [-0.1, -0.05) is 46.8 Å². The third-order valence-electron chi connectivity index (χ3n) is 7.36. The summed E-state index contributed by atoms with van der Waals surface area (Å²) in [5.41, 5.74) is 2.66. The normalized spacial score (nSPS) is 23.2. The molecule has 4 unspecified atom stereocenters. The van der Waals surface area contributed by atoms with E-state index in [1.165, 1.54) is 9.13 Å². The number of anilines is 1. The Bertz CT molecular complexity index is 1200. The Kier molecular flexibility index (Phi) is 8.13. The Balaban J connectivity index is 1.68. The van der Waals surface area contributed by atoms with Gasteiger partial charge in [0, 0.05) is 15.4 Å². The van der Waals surface area contributed by atoms with Crippen molar-refractivity contribution in [2.24, 2.45) is 5.92 Å². The third kappa shape index (κ3) is 5.68. The quantitative estimate of drug-likeness (QED) is 0.161. The molecule has 10 heteroatoms. The smallest absolute Gasteiger partial charge is 0.226 e. The molecule has 1 saturated heterocycles. The minimum atomic E-state index is -1.97. The highest BCUT2D eigenvalue weighted by Crippen LogP contribution is 2.51. The summed E-state index contributed by atoms with van der Waals surface area (Å²) in [5, 5.41) is 4.39. The highest BCUT2D eigenvalue weighted by molar-refractivity contribution is 14.1. The van der Waals surface area contributed by atoms with E-state index in [0.717, 1.165) is 17.6 Å². The van der Waals surface area contributed by atoms with Gasteiger partial charge in [0.05, 0.1) is 12.4 Å². The van der Waals surface area contributed by atoms with E-state index in [1.807, 2.05) is 18.1 Å². The lowest BCUT2D eigenvalue weighted by atomic mass is 9.99. The van der Waals surface area contributed by atoms with Crippen LogP contribution < -0.4 is 5.32 Å². The largest absolute Gasteiger partial charge is 0.411 e. The van der Waals surface area contributed by atoms with Crippen LogP contribution in [0.5, 0.6) is 0 Å². The Morgan fingerprint density at radius 3 is 2.66 bits per heavy atom. The summed E-state index contributed by atoms with van der Waals surface area (Å²) in [5.74, 6) is 1.08. The average Bonchev–Trinajstić information content (AvgIpc) is 3.32. The van der Waals surface area contributed by atoms with E-state index in [2.05, 4.69) is 114 Å². The summed E-state index contributed by atoms with van der Waals surface area (Å²) in [4.78, 5) is 13.8. The SMILES string of the molecule is CCC1SC(n2cnc3c(NCc4cccc(I)c4)nc(Cl)nc32)C(O[Si](C)(C)C(C)(C)C)C1C. The molecule has 0 bridgehead atoms. The standard InChI is InChI=1S/C25H35ClIN5OSSi/c1-8-18-15(2)20(33-35(6,7)25(3,4)5)23(34-18)32-14-29-19-21(30-24(26)31-22(19)32)28-13-16-10-9-11-17(27)12-16/h9-12,14-15,18,20,23H,8,13H2,1-7H3,(H,28,30,31). The fourth-order valence-corrected chi connectivity index (χ4v) is 8.20. The molecular formula is C25H35ClIN5OSSi. The maximum absolute atomic E-state index is 7.05. The highest BCUT2D eigenvalue weighted by Gasteiger charge is 2.48. The Morgan fingerprint density at radius 1 is 1.26 bits per heavy atom. The van der Waals surface area contributed by atoms with Gasteiger partial charge in [-0.2, -0.15) is 9.97 Å². The first-order valence-electron chi connectivity index (χ1n) is 12.1. The van der Waals surface area contributed by atoms with Crippen molar-refractivity contribution in [1.29, 1.82) is 0 Å². The molecule has 190 valence electrons. The zero-order valence-electron chi connectivity index (χ0n) is 21.5. The molecular weight excluding hydrogens is 609 g/mol. The number of nitrogens with zero attached hydrogens (tertiary/aromatic N) is 4. The molecule has 6 nitrogen and oxygen atoms in total. The van der Waals surface area contributed by atoms with Crippen molar-refractivity contribution in [3.05, 3.63) is 45.0 Å². The number of nitrogens with one attached hydrogen (secondary N) is 1. The van der Waals surface area contributed by atoms with Crippen LogP contribution in [0.1, 0.15) is 52.0 Å². The van der Waals surface area contributed by atoms with Gasteiger partial charge in [0.15, 0.2) is 25.3 Å². The molecule has 4 rings (SSSR count). The van der Waals surface area contributed by atoms with Crippen molar-refractivity contribution in [2.45, 2.75) is 82.4 Å². The van der Waals surface area contributed by atoms with Gasteiger partial charge < -0.3 is 9.74 Å². The van der Waals surface area contributed by atoms with Crippen LogP contribution in [-0.2, 0) is 11.0 Å². The number of halogens is 2. The average molecular weight is 644 g/mol. The number of hydrogen-bond donors (Lipinski definition) is 1. The predicted octanol–water partition coefficient (Wildman–Crippen LogP) is 7.75. The molecule has 1 N–H and O–H groups in total. The summed E-state index contributed by atoms with van der Waals surface area (Å²) in [6.45, 7) is 16.8. The Hall–Kier alpha value is -0.883. The van der Waals surface area contributed by atoms with Gasteiger partial charge in [-0.15, -0.1) is 11.8 Å². The van der Waals surface area contributed by atoms with Crippen molar-refractivity contribution in [3.63, 3.8) is 0 Å². The second-order valence-electron chi connectivity index (χ2n) is 10.8. The maximum atomic E-state index is 7.05. The van der Waals surface area contributed by atoms with Gasteiger partial charge >= 0.3 is 0 Å². The Labute approximate surface area is 232 Å². The predicted molar refractivity (Wildman–Crippen MR) is 159 cm³/mol. The van der Waals surface area contributed by atoms with Gasteiger partial charge in [0.25, 0.3) is 0 Å². The lowest BCUT2D eigenvalue weighted by Crippen LogP contribution is -2.46. The van der Waals surface area contributed by atoms with Crippen molar-refractivity contribution in [1.82, 2.24) is 19.5 Å². The number of aromatic nitrogens is 4. The van der Waals surface area contributed by atoms with Crippen LogP contribution in [0, 0.1) is 9.49 Å². The second-order valence-corrected chi connectivity index (χ2v) is 18.5. The number of benzene rings is 1. The molecule has 3 heterocycles. The van der Waals surface area contributed by atoms with Gasteiger partial charge in [0.1, 0.15) is 5.37 Å². The summed E-state index contributed by atoms with van der Waals surface area (Å²) >= 11 is 10.7. The van der Waals surface area contributed by atoms with E-state index in [9.17, 15) is 0 Å². The van der Waals surface area contributed by atoms with Gasteiger partial charge in [-0.3, -0.25) is 4.57 Å². The monoisotopic (exact) mass is 643 g/mol. The second kappa shape index (κ2) is 10.5. The topological polar surface area (TPSA) is 64.9 Å². The highest BCUT2D eigenvalue weighted by atomic mass is 127. The van der Waals surface area contributed by atoms with Crippen molar-refractivity contribution in [2.75, 3.05) is 5.32 Å². The minimum Gasteiger partial charge on any atom is -0.411 e. The molecule has 1 aliphatic heterocycles. The van der Waals surface area contributed by atoms with Crippen LogP contribution in [0.3, 0.4) is 0 Å². The lowest BCUT2D eigenvalue weighted by molar-refractivity contribution is 0.115. The fraction of sp³-hybridized carbons (Fsp3) is 0.560. The van der Waals surface area contributed by atoms with Crippen molar-refractivity contribution >= 4 is 71.3 Å². The van der Waals surface area contributed by atoms with Crippen molar-refractivity contribution < 1.29 is 4.43 Å². The van der Waals surface area contributed by atoms with E-state index in [4.69, 9.17) is 21.0 Å². The summed E-state index contributed by atoms with van der Waals surface area (Å²) in [6, 6.07) is 8.38. The van der Waals surface area contributed by atoms with Gasteiger partial charge in [-0.25, -0.2) is 4.98 Å². The van der Waals surface area contributed by atoms with Crippen LogP contribution in [0.25, 0.3) is 11.2 Å². The molecule has 1 aliphatic rings. The zero-order chi connectivity index (χ0) is 25.5.